The molecule has 1 saturated heterocycles. The van der Waals surface area contributed by atoms with Crippen LogP contribution >= 0.6 is 0 Å². The van der Waals surface area contributed by atoms with Crippen LogP contribution in [0.5, 0.6) is 0 Å². The molecule has 1 aliphatic heterocycles. The average Bonchev–Trinajstić information content (AvgIpc) is 2.44. The van der Waals surface area contributed by atoms with Crippen LogP contribution in [0.1, 0.15) is 17.3 Å². The molecule has 4 atom stereocenters. The molecule has 2 rings (SSSR count). The first-order valence-electron chi connectivity index (χ1n) is 6.08. The number of aromatic carboxylic acids is 1. The molecule has 0 amide bonds. The molecule has 8 heteroatoms. The van der Waals surface area contributed by atoms with Gasteiger partial charge in [-0.25, -0.2) is 4.79 Å². The monoisotopic (exact) mass is 308 g/mol. The normalized spacial score (nSPS) is 28.7. The van der Waals surface area contributed by atoms with Crippen LogP contribution in [-0.4, -0.2) is 57.6 Å². The summed E-state index contributed by atoms with van der Waals surface area (Å²) in [6, 6.07) is 6.06. The van der Waals surface area contributed by atoms with Gasteiger partial charge in [0.15, 0.2) is 6.29 Å². The van der Waals surface area contributed by atoms with Crippen LogP contribution in [0.25, 0.3) is 0 Å². The number of hydrogen-bond acceptors (Lipinski definition) is 6. The van der Waals surface area contributed by atoms with Crippen LogP contribution in [0.4, 0.5) is 0 Å². The molecule has 0 unspecified atom stereocenters. The summed E-state index contributed by atoms with van der Waals surface area (Å²) in [6.07, 6.45) is -4.83. The van der Waals surface area contributed by atoms with E-state index in [1.165, 1.54) is 12.1 Å². The zero-order valence-electron chi connectivity index (χ0n) is 12.5. The number of carbonyl (C=O) groups is 1. The third-order valence-electron chi connectivity index (χ3n) is 3.07. The van der Waals surface area contributed by atoms with Gasteiger partial charge in [-0.15, -0.1) is 0 Å². The van der Waals surface area contributed by atoms with E-state index >= 15 is 0 Å². The molecule has 0 radical (unpaired) electrons. The fraction of sp³-hybridized carbons (Fsp3) is 0.462. The maximum atomic E-state index is 10.7. The Morgan fingerprint density at radius 1 is 1.24 bits per heavy atom. The summed E-state index contributed by atoms with van der Waals surface area (Å²) in [5.41, 5.74) is 0.868. The number of aliphatic hydroxyl groups is 3. The van der Waals surface area contributed by atoms with Gasteiger partial charge in [0.2, 0.25) is 0 Å². The Hall–Kier alpha value is -0.510. The summed E-state index contributed by atoms with van der Waals surface area (Å²) < 4.78 is 10.4. The van der Waals surface area contributed by atoms with Gasteiger partial charge in [0, 0.05) is 0 Å². The molecule has 0 spiro atoms. The first-order chi connectivity index (χ1) is 9.49. The van der Waals surface area contributed by atoms with Crippen LogP contribution in [0.3, 0.4) is 0 Å². The zero-order chi connectivity index (χ0) is 14.7. The van der Waals surface area contributed by atoms with Crippen molar-refractivity contribution in [3.63, 3.8) is 0 Å². The van der Waals surface area contributed by atoms with Crippen LogP contribution in [0.2, 0.25) is 0 Å². The number of carboxylic acid groups (broad SMARTS) is 1. The van der Waals surface area contributed by atoms with E-state index in [1.807, 2.05) is 0 Å². The number of benzene rings is 1. The second-order valence-electron chi connectivity index (χ2n) is 4.56. The van der Waals surface area contributed by atoms with E-state index in [0.29, 0.717) is 5.56 Å². The minimum absolute atomic E-state index is 0. The Labute approximate surface area is 144 Å². The Bertz CT molecular complexity index is 470. The number of carboxylic acids is 1. The van der Waals surface area contributed by atoms with E-state index in [-0.39, 0.29) is 49.8 Å². The maximum absolute atomic E-state index is 10.7. The van der Waals surface area contributed by atoms with Crippen molar-refractivity contribution in [1.82, 2.24) is 0 Å². The molecular formula is C13H17NaO7. The fourth-order valence-electron chi connectivity index (χ4n) is 1.85. The largest absolute Gasteiger partial charge is 1.00 e. The van der Waals surface area contributed by atoms with Gasteiger partial charge < -0.3 is 31.3 Å². The summed E-state index contributed by atoms with van der Waals surface area (Å²) in [5.74, 6) is -1.01. The summed E-state index contributed by atoms with van der Waals surface area (Å²) in [7, 11) is 0. The van der Waals surface area contributed by atoms with E-state index in [0.717, 1.165) is 0 Å². The van der Waals surface area contributed by atoms with Crippen molar-refractivity contribution in [2.24, 2.45) is 0 Å². The second-order valence-corrected chi connectivity index (χ2v) is 4.56. The van der Waals surface area contributed by atoms with Gasteiger partial charge in [0.25, 0.3) is 0 Å². The fourth-order valence-corrected chi connectivity index (χ4v) is 1.85. The van der Waals surface area contributed by atoms with E-state index in [2.05, 4.69) is 0 Å². The average molecular weight is 308 g/mol. The molecule has 0 saturated carbocycles. The summed E-state index contributed by atoms with van der Waals surface area (Å²) in [4.78, 5) is 10.7. The van der Waals surface area contributed by atoms with Crippen LogP contribution in [-0.2, 0) is 16.1 Å². The van der Waals surface area contributed by atoms with Crippen molar-refractivity contribution in [3.05, 3.63) is 35.4 Å². The maximum Gasteiger partial charge on any atom is 1.00 e. The van der Waals surface area contributed by atoms with Crippen LogP contribution in [0, 0.1) is 0 Å². The van der Waals surface area contributed by atoms with E-state index in [4.69, 9.17) is 14.6 Å². The van der Waals surface area contributed by atoms with Gasteiger partial charge in [-0.3, -0.25) is 0 Å². The molecule has 1 aromatic carbocycles. The van der Waals surface area contributed by atoms with Crippen molar-refractivity contribution >= 4 is 5.97 Å². The zero-order valence-corrected chi connectivity index (χ0v) is 13.5. The summed E-state index contributed by atoms with van der Waals surface area (Å²) in [5, 5.41) is 37.2. The van der Waals surface area contributed by atoms with Gasteiger partial charge in [0.05, 0.1) is 18.8 Å². The molecule has 4 N–H and O–H groups in total. The van der Waals surface area contributed by atoms with Crippen molar-refractivity contribution in [3.8, 4) is 0 Å². The predicted molar refractivity (Wildman–Crippen MR) is 67.1 cm³/mol. The third kappa shape index (κ3) is 4.73. The molecule has 21 heavy (non-hydrogen) atoms. The molecule has 0 aliphatic carbocycles. The summed E-state index contributed by atoms with van der Waals surface area (Å²) in [6.45, 7) is -0.0364. The van der Waals surface area contributed by atoms with Crippen molar-refractivity contribution in [1.29, 1.82) is 0 Å². The smallest absolute Gasteiger partial charge is 1.00 e. The Kier molecular flexibility index (Phi) is 7.25. The molecule has 7 nitrogen and oxygen atoms in total. The molecule has 0 aromatic heterocycles. The first-order valence-corrected chi connectivity index (χ1v) is 6.08. The summed E-state index contributed by atoms with van der Waals surface area (Å²) >= 11 is 0. The molecule has 1 aliphatic rings. The van der Waals surface area contributed by atoms with Crippen molar-refractivity contribution in [2.75, 3.05) is 6.61 Å². The molecule has 1 aromatic rings. The van der Waals surface area contributed by atoms with Crippen LogP contribution < -0.4 is 29.6 Å². The Morgan fingerprint density at radius 3 is 2.43 bits per heavy atom. The molecule has 112 valence electrons. The van der Waals surface area contributed by atoms with Gasteiger partial charge in [0.1, 0.15) is 18.3 Å². The molecule has 1 heterocycles. The third-order valence-corrected chi connectivity index (χ3v) is 3.07. The van der Waals surface area contributed by atoms with Crippen molar-refractivity contribution in [2.45, 2.75) is 31.2 Å². The van der Waals surface area contributed by atoms with Gasteiger partial charge >= 0.3 is 35.5 Å². The number of hydrogen-bond donors (Lipinski definition) is 4. The quantitative estimate of drug-likeness (QED) is 0.426. The number of ether oxygens (including phenoxy) is 2. The second kappa shape index (κ2) is 8.21. The Balaban J connectivity index is 0.00000220. The number of rotatable bonds is 4. The predicted octanol–water partition coefficient (Wildman–Crippen LogP) is -3.54. The van der Waals surface area contributed by atoms with E-state index in [1.54, 1.807) is 12.1 Å². The SMILES string of the molecule is O=C(O)c1ccc(CO[C@H]2OC[C@@H](O)[C@H](O)[C@H]2O)cc1.[H-].[Na+]. The topological polar surface area (TPSA) is 116 Å². The minimum atomic E-state index is -1.34. The number of aliphatic hydroxyl groups excluding tert-OH is 3. The van der Waals surface area contributed by atoms with Gasteiger partial charge in [-0.2, -0.15) is 0 Å². The van der Waals surface area contributed by atoms with Gasteiger partial charge in [-0.05, 0) is 17.7 Å². The molecule has 1 fully saturated rings. The standard InChI is InChI=1S/C13H16O7.Na.H/c14-9-6-20-13(11(16)10(9)15)19-5-7-1-3-8(4-2-7)12(17)18;;/h1-4,9-11,13-16H,5-6H2,(H,17,18);;/q;+1;-1/t9-,10+,11-,13+;;/m1../s1. The van der Waals surface area contributed by atoms with E-state index in [9.17, 15) is 20.1 Å². The molecule has 0 bridgehead atoms. The van der Waals surface area contributed by atoms with Crippen LogP contribution in [0.15, 0.2) is 24.3 Å². The van der Waals surface area contributed by atoms with Crippen molar-refractivity contribution < 1.29 is 65.7 Å². The minimum Gasteiger partial charge on any atom is -1.00 e. The van der Waals surface area contributed by atoms with Gasteiger partial charge in [-0.1, -0.05) is 12.1 Å². The van der Waals surface area contributed by atoms with E-state index < -0.39 is 30.6 Å². The Morgan fingerprint density at radius 2 is 1.86 bits per heavy atom. The first kappa shape index (κ1) is 18.5. The molecular weight excluding hydrogens is 291 g/mol.